The van der Waals surface area contributed by atoms with E-state index in [-0.39, 0.29) is 17.9 Å². The van der Waals surface area contributed by atoms with Crippen LogP contribution in [0.3, 0.4) is 0 Å². The molecular formula is C16H30O9. The maximum atomic E-state index is 10.6. The van der Waals surface area contributed by atoms with Gasteiger partial charge in [-0.3, -0.25) is 0 Å². The molecule has 4 unspecified atom stereocenters. The van der Waals surface area contributed by atoms with Gasteiger partial charge in [0.15, 0.2) is 6.29 Å². The third-order valence-electron chi connectivity index (χ3n) is 5.07. The molecule has 0 aromatic rings. The summed E-state index contributed by atoms with van der Waals surface area (Å²) in [5.41, 5.74) is 0. The highest BCUT2D eigenvalue weighted by Gasteiger charge is 2.49. The Hall–Kier alpha value is -0.360. The van der Waals surface area contributed by atoms with E-state index in [4.69, 9.17) is 14.2 Å². The van der Waals surface area contributed by atoms with Gasteiger partial charge in [-0.2, -0.15) is 0 Å². The number of hydrogen-bond acceptors (Lipinski definition) is 9. The van der Waals surface area contributed by atoms with Crippen LogP contribution in [-0.4, -0.2) is 99.0 Å². The zero-order valence-electron chi connectivity index (χ0n) is 14.7. The van der Waals surface area contributed by atoms with Gasteiger partial charge in [0.05, 0.1) is 25.4 Å². The standard InChI is InChI=1S/C16H30O9/c1-6(2)14-7(3)10(19)15(9(5-18)23-14)25-16-13(22)12(21)11(20)8(4-17)24-16/h6-22H,4-5H2,1-3H3/t7?,8?,9?,10-,11+,12+,13?,14+,15-,16+/m1/s1. The second-order valence-electron chi connectivity index (χ2n) is 7.21. The summed E-state index contributed by atoms with van der Waals surface area (Å²) >= 11 is 0. The highest BCUT2D eigenvalue weighted by Crippen LogP contribution is 2.34. The molecule has 2 saturated heterocycles. The lowest BCUT2D eigenvalue weighted by atomic mass is 9.83. The summed E-state index contributed by atoms with van der Waals surface area (Å²) in [6.45, 7) is 4.70. The van der Waals surface area contributed by atoms with Crippen molar-refractivity contribution in [3.63, 3.8) is 0 Å². The van der Waals surface area contributed by atoms with Crippen LogP contribution in [0.4, 0.5) is 0 Å². The summed E-state index contributed by atoms with van der Waals surface area (Å²) < 4.78 is 16.8. The first-order valence-electron chi connectivity index (χ1n) is 8.63. The predicted octanol–water partition coefficient (Wildman–Crippen LogP) is -2.42. The van der Waals surface area contributed by atoms with Gasteiger partial charge in [0.25, 0.3) is 0 Å². The first-order chi connectivity index (χ1) is 11.7. The lowest BCUT2D eigenvalue weighted by Gasteiger charge is -2.47. The Morgan fingerprint density at radius 3 is 1.96 bits per heavy atom. The topological polar surface area (TPSA) is 149 Å². The Morgan fingerprint density at radius 1 is 0.840 bits per heavy atom. The predicted molar refractivity (Wildman–Crippen MR) is 84.4 cm³/mol. The highest BCUT2D eigenvalue weighted by atomic mass is 16.7. The van der Waals surface area contributed by atoms with Crippen molar-refractivity contribution in [1.82, 2.24) is 0 Å². The molecule has 2 heterocycles. The molecule has 2 aliphatic rings. The lowest BCUT2D eigenvalue weighted by Crippen LogP contribution is -2.63. The Kier molecular flexibility index (Phi) is 7.17. The molecule has 148 valence electrons. The van der Waals surface area contributed by atoms with Crippen molar-refractivity contribution in [2.75, 3.05) is 13.2 Å². The molecule has 0 amide bonds. The van der Waals surface area contributed by atoms with Crippen LogP contribution < -0.4 is 0 Å². The van der Waals surface area contributed by atoms with Crippen molar-refractivity contribution >= 4 is 0 Å². The number of aliphatic hydroxyl groups excluding tert-OH is 6. The molecule has 2 aliphatic heterocycles. The van der Waals surface area contributed by atoms with Crippen LogP contribution in [0.25, 0.3) is 0 Å². The maximum Gasteiger partial charge on any atom is 0.187 e. The second kappa shape index (κ2) is 8.55. The van der Waals surface area contributed by atoms with Gasteiger partial charge in [0.2, 0.25) is 0 Å². The number of aliphatic hydroxyl groups is 6. The van der Waals surface area contributed by atoms with E-state index in [0.717, 1.165) is 0 Å². The highest BCUT2D eigenvalue weighted by molar-refractivity contribution is 4.94. The van der Waals surface area contributed by atoms with Gasteiger partial charge in [0.1, 0.15) is 36.6 Å². The minimum absolute atomic E-state index is 0.118. The molecular weight excluding hydrogens is 336 g/mol. The van der Waals surface area contributed by atoms with Crippen molar-refractivity contribution in [2.45, 2.75) is 75.9 Å². The van der Waals surface area contributed by atoms with E-state index in [0.29, 0.717) is 0 Å². The molecule has 0 radical (unpaired) electrons. The van der Waals surface area contributed by atoms with Crippen molar-refractivity contribution in [2.24, 2.45) is 11.8 Å². The van der Waals surface area contributed by atoms with E-state index in [1.54, 1.807) is 6.92 Å². The van der Waals surface area contributed by atoms with Crippen LogP contribution >= 0.6 is 0 Å². The fraction of sp³-hybridized carbons (Fsp3) is 1.00. The minimum Gasteiger partial charge on any atom is -0.394 e. The van der Waals surface area contributed by atoms with E-state index < -0.39 is 62.2 Å². The Bertz CT molecular complexity index is 416. The minimum atomic E-state index is -1.58. The quantitative estimate of drug-likeness (QED) is 0.313. The van der Waals surface area contributed by atoms with E-state index in [9.17, 15) is 30.6 Å². The summed E-state index contributed by atoms with van der Waals surface area (Å²) in [5.74, 6) is -0.176. The maximum absolute atomic E-state index is 10.6. The van der Waals surface area contributed by atoms with E-state index in [2.05, 4.69) is 0 Å². The fourth-order valence-corrected chi connectivity index (χ4v) is 3.53. The van der Waals surface area contributed by atoms with Gasteiger partial charge < -0.3 is 44.8 Å². The molecule has 0 aliphatic carbocycles. The smallest absolute Gasteiger partial charge is 0.187 e. The van der Waals surface area contributed by atoms with Crippen molar-refractivity contribution in [3.05, 3.63) is 0 Å². The molecule has 6 N–H and O–H groups in total. The molecule has 2 rings (SSSR count). The van der Waals surface area contributed by atoms with Crippen LogP contribution in [0.1, 0.15) is 20.8 Å². The summed E-state index contributed by atoms with van der Waals surface area (Å²) in [5, 5.41) is 59.2. The van der Waals surface area contributed by atoms with E-state index in [1.807, 2.05) is 13.8 Å². The van der Waals surface area contributed by atoms with Gasteiger partial charge in [-0.15, -0.1) is 0 Å². The van der Waals surface area contributed by atoms with Crippen LogP contribution in [0, 0.1) is 11.8 Å². The Morgan fingerprint density at radius 2 is 1.44 bits per heavy atom. The number of hydrogen-bond donors (Lipinski definition) is 6. The molecule has 2 fully saturated rings. The summed E-state index contributed by atoms with van der Waals surface area (Å²) in [6, 6.07) is 0. The first-order valence-corrected chi connectivity index (χ1v) is 8.63. The van der Waals surface area contributed by atoms with Crippen LogP contribution in [0.15, 0.2) is 0 Å². The Balaban J connectivity index is 2.14. The van der Waals surface area contributed by atoms with Crippen LogP contribution in [-0.2, 0) is 14.2 Å². The molecule has 10 atom stereocenters. The van der Waals surface area contributed by atoms with Gasteiger partial charge in [-0.25, -0.2) is 0 Å². The van der Waals surface area contributed by atoms with Gasteiger partial charge in [0, 0.05) is 5.92 Å². The number of rotatable bonds is 5. The average Bonchev–Trinajstić information content (AvgIpc) is 2.58. The molecule has 0 aromatic heterocycles. The van der Waals surface area contributed by atoms with Crippen molar-refractivity contribution < 1.29 is 44.8 Å². The van der Waals surface area contributed by atoms with Crippen molar-refractivity contribution in [3.8, 4) is 0 Å². The summed E-state index contributed by atoms with van der Waals surface area (Å²) in [6.07, 6.45) is -10.3. The van der Waals surface area contributed by atoms with Crippen molar-refractivity contribution in [1.29, 1.82) is 0 Å². The Labute approximate surface area is 146 Å². The third-order valence-corrected chi connectivity index (χ3v) is 5.07. The monoisotopic (exact) mass is 366 g/mol. The summed E-state index contributed by atoms with van der Waals surface area (Å²) in [4.78, 5) is 0. The molecule has 25 heavy (non-hydrogen) atoms. The number of ether oxygens (including phenoxy) is 3. The fourth-order valence-electron chi connectivity index (χ4n) is 3.53. The average molecular weight is 366 g/mol. The van der Waals surface area contributed by atoms with Gasteiger partial charge in [-0.05, 0) is 5.92 Å². The molecule has 9 heteroatoms. The van der Waals surface area contributed by atoms with E-state index >= 15 is 0 Å². The molecule has 0 saturated carbocycles. The first kappa shape index (κ1) is 20.9. The molecule has 0 bridgehead atoms. The molecule has 9 nitrogen and oxygen atoms in total. The third kappa shape index (κ3) is 4.15. The van der Waals surface area contributed by atoms with Gasteiger partial charge in [-0.1, -0.05) is 20.8 Å². The van der Waals surface area contributed by atoms with E-state index in [1.165, 1.54) is 0 Å². The zero-order chi connectivity index (χ0) is 18.9. The van der Waals surface area contributed by atoms with Gasteiger partial charge >= 0.3 is 0 Å². The van der Waals surface area contributed by atoms with Crippen LogP contribution in [0.5, 0.6) is 0 Å². The van der Waals surface area contributed by atoms with Crippen LogP contribution in [0.2, 0.25) is 0 Å². The summed E-state index contributed by atoms with van der Waals surface area (Å²) in [7, 11) is 0. The second-order valence-corrected chi connectivity index (χ2v) is 7.21. The zero-order valence-corrected chi connectivity index (χ0v) is 14.7. The normalized spacial score (nSPS) is 48.7. The molecule has 0 aromatic carbocycles. The SMILES string of the molecule is CC(C)[C@@H]1OC(CO)[C@@H](O[C@@H]2OC(CO)[C@H](O)[C@H](O)C2O)[C@H](O)C1C. The molecule has 0 spiro atoms. The largest absolute Gasteiger partial charge is 0.394 e. The lowest BCUT2D eigenvalue weighted by molar-refractivity contribution is -0.339.